The van der Waals surface area contributed by atoms with Crippen LogP contribution in [-0.4, -0.2) is 38.4 Å². The number of carbonyl (C=O) groups excluding carboxylic acids is 2. The minimum Gasteiger partial charge on any atom is -0.491 e. The van der Waals surface area contributed by atoms with Crippen LogP contribution in [0.3, 0.4) is 0 Å². The third-order valence-corrected chi connectivity index (χ3v) is 7.36. The maximum Gasteiger partial charge on any atom is 0.333 e. The van der Waals surface area contributed by atoms with Crippen molar-refractivity contribution in [2.24, 2.45) is 0 Å². The summed E-state index contributed by atoms with van der Waals surface area (Å²) in [5.41, 5.74) is 2.92. The second-order valence-corrected chi connectivity index (χ2v) is 10.7. The molecule has 5 rings (SSSR count). The quantitative estimate of drug-likeness (QED) is 0.184. The summed E-state index contributed by atoms with van der Waals surface area (Å²) in [6.07, 6.45) is 3.95. The van der Waals surface area contributed by atoms with Crippen LogP contribution in [0.5, 0.6) is 5.75 Å². The Morgan fingerprint density at radius 2 is 1.66 bits per heavy atom. The zero-order valence-electron chi connectivity index (χ0n) is 23.1. The van der Waals surface area contributed by atoms with Gasteiger partial charge in [-0.3, -0.25) is 18.7 Å². The van der Waals surface area contributed by atoms with E-state index in [0.717, 1.165) is 11.1 Å². The van der Waals surface area contributed by atoms with Crippen molar-refractivity contribution in [3.8, 4) is 11.4 Å². The van der Waals surface area contributed by atoms with E-state index in [1.807, 2.05) is 62.4 Å². The summed E-state index contributed by atoms with van der Waals surface area (Å²) >= 11 is 6.24. The number of amides is 1. The van der Waals surface area contributed by atoms with Crippen LogP contribution in [0.1, 0.15) is 47.6 Å². The zero-order chi connectivity index (χ0) is 28.9. The molecular formula is C33H32ClN3O4. The summed E-state index contributed by atoms with van der Waals surface area (Å²) in [7, 11) is 0. The number of ether oxygens (including phenoxy) is 1. The van der Waals surface area contributed by atoms with Gasteiger partial charge in [-0.2, -0.15) is 0 Å². The van der Waals surface area contributed by atoms with Gasteiger partial charge in [-0.15, -0.1) is 0 Å². The zero-order valence-corrected chi connectivity index (χ0v) is 23.9. The van der Waals surface area contributed by atoms with Crippen LogP contribution in [0.4, 0.5) is 0 Å². The molecule has 7 nitrogen and oxygen atoms in total. The van der Waals surface area contributed by atoms with E-state index in [1.165, 1.54) is 10.6 Å². The van der Waals surface area contributed by atoms with Gasteiger partial charge in [0, 0.05) is 30.6 Å². The van der Waals surface area contributed by atoms with Crippen LogP contribution in [0, 0.1) is 0 Å². The number of hydrogen-bond acceptors (Lipinski definition) is 4. The number of nitrogens with zero attached hydrogens (tertiary/aromatic N) is 3. The third kappa shape index (κ3) is 6.36. The molecule has 4 aromatic rings. The van der Waals surface area contributed by atoms with E-state index in [0.29, 0.717) is 47.4 Å². The van der Waals surface area contributed by atoms with Gasteiger partial charge in [-0.1, -0.05) is 60.1 Å². The third-order valence-electron chi connectivity index (χ3n) is 7.02. The smallest absolute Gasteiger partial charge is 0.333 e. The summed E-state index contributed by atoms with van der Waals surface area (Å²) in [5.74, 6) is 0.317. The number of halogens is 1. The Bertz CT molecular complexity index is 1640. The van der Waals surface area contributed by atoms with Crippen molar-refractivity contribution in [3.63, 3.8) is 0 Å². The molecular weight excluding hydrogens is 538 g/mol. The summed E-state index contributed by atoms with van der Waals surface area (Å²) in [6, 6.07) is 24.2. The first-order valence-electron chi connectivity index (χ1n) is 13.7. The van der Waals surface area contributed by atoms with Crippen molar-refractivity contribution in [1.82, 2.24) is 14.0 Å². The van der Waals surface area contributed by atoms with E-state index in [4.69, 9.17) is 16.3 Å². The summed E-state index contributed by atoms with van der Waals surface area (Å²) in [5, 5.41) is 0.553. The molecule has 3 aromatic carbocycles. The van der Waals surface area contributed by atoms with E-state index in [2.05, 4.69) is 0 Å². The highest BCUT2D eigenvalue weighted by Crippen LogP contribution is 2.24. The molecule has 0 unspecified atom stereocenters. The maximum atomic E-state index is 13.8. The van der Waals surface area contributed by atoms with Crippen LogP contribution in [0.15, 0.2) is 89.7 Å². The molecule has 41 heavy (non-hydrogen) atoms. The van der Waals surface area contributed by atoms with Gasteiger partial charge in [-0.25, -0.2) is 4.79 Å². The number of rotatable bonds is 9. The molecule has 0 aliphatic carbocycles. The molecule has 0 radical (unpaired) electrons. The van der Waals surface area contributed by atoms with Gasteiger partial charge in [0.1, 0.15) is 11.4 Å². The first kappa shape index (κ1) is 28.2. The lowest BCUT2D eigenvalue weighted by Crippen LogP contribution is -2.40. The van der Waals surface area contributed by atoms with Crippen LogP contribution < -0.4 is 10.4 Å². The fourth-order valence-electron chi connectivity index (χ4n) is 5.02. The number of fused-ring (bicyclic) bond motifs is 1. The number of benzene rings is 3. The van der Waals surface area contributed by atoms with Gasteiger partial charge in [0.25, 0.3) is 0 Å². The van der Waals surface area contributed by atoms with Crippen molar-refractivity contribution in [1.29, 1.82) is 0 Å². The van der Waals surface area contributed by atoms with Gasteiger partial charge in [0.15, 0.2) is 5.78 Å². The average Bonchev–Trinajstić information content (AvgIpc) is 3.27. The fourth-order valence-corrected chi connectivity index (χ4v) is 5.22. The number of Topliss-reactive ketones (excluding diaryl/α,β-unsaturated/α-hetero) is 1. The number of aryl methyl sites for hydroxylation is 1. The topological polar surface area (TPSA) is 73.5 Å². The van der Waals surface area contributed by atoms with E-state index < -0.39 is 0 Å². The molecule has 8 heteroatoms. The Balaban J connectivity index is 1.48. The van der Waals surface area contributed by atoms with E-state index >= 15 is 0 Å². The minimum atomic E-state index is -0.292. The lowest BCUT2D eigenvalue weighted by Gasteiger charge is -2.27. The van der Waals surface area contributed by atoms with Crippen molar-refractivity contribution in [2.75, 3.05) is 6.54 Å². The Labute approximate surface area is 244 Å². The van der Waals surface area contributed by atoms with E-state index in [1.54, 1.807) is 45.9 Å². The van der Waals surface area contributed by atoms with Gasteiger partial charge in [0.2, 0.25) is 5.91 Å². The second-order valence-electron chi connectivity index (χ2n) is 10.2. The van der Waals surface area contributed by atoms with Crippen LogP contribution >= 0.6 is 11.6 Å². The Morgan fingerprint density at radius 3 is 2.37 bits per heavy atom. The Kier molecular flexibility index (Phi) is 8.55. The highest BCUT2D eigenvalue weighted by molar-refractivity contribution is 6.32. The molecule has 0 saturated heterocycles. The number of ketones is 1. The molecule has 1 aliphatic rings. The fraction of sp³-hybridized carbons (Fsp3) is 0.242. The number of aromatic nitrogens is 2. The Morgan fingerprint density at radius 1 is 0.951 bits per heavy atom. The van der Waals surface area contributed by atoms with Crippen molar-refractivity contribution >= 4 is 29.4 Å². The van der Waals surface area contributed by atoms with Gasteiger partial charge >= 0.3 is 5.69 Å². The van der Waals surface area contributed by atoms with Crippen molar-refractivity contribution in [2.45, 2.75) is 45.9 Å². The SMILES string of the molecule is CC(C)Oc1ccc(-n2c(C(=O)CCc3ccccc3)c3n(c2=O)CCN(C(=O)/C=C/c2ccccc2Cl)C3)cc1. The highest BCUT2D eigenvalue weighted by atomic mass is 35.5. The molecule has 0 atom stereocenters. The molecule has 0 spiro atoms. The molecule has 210 valence electrons. The van der Waals surface area contributed by atoms with Crippen LogP contribution in [0.2, 0.25) is 5.02 Å². The number of carbonyl (C=O) groups is 2. The molecule has 0 bridgehead atoms. The first-order valence-corrected chi connectivity index (χ1v) is 14.1. The predicted molar refractivity (Wildman–Crippen MR) is 161 cm³/mol. The number of hydrogen-bond donors (Lipinski definition) is 0. The van der Waals surface area contributed by atoms with E-state index in [-0.39, 0.29) is 36.4 Å². The van der Waals surface area contributed by atoms with Gasteiger partial charge < -0.3 is 9.64 Å². The summed E-state index contributed by atoms with van der Waals surface area (Å²) < 4.78 is 8.87. The lowest BCUT2D eigenvalue weighted by molar-refractivity contribution is -0.127. The molecule has 2 heterocycles. The molecule has 0 fully saturated rings. The van der Waals surface area contributed by atoms with Gasteiger partial charge in [0.05, 0.1) is 24.0 Å². The molecule has 0 N–H and O–H groups in total. The van der Waals surface area contributed by atoms with Crippen LogP contribution in [-0.2, 0) is 24.3 Å². The summed E-state index contributed by atoms with van der Waals surface area (Å²) in [4.78, 5) is 42.3. The standard InChI is InChI=1S/C33H32ClN3O4/c1-23(2)41-27-16-14-26(15-17-27)37-32(30(38)18-12-24-8-4-3-5-9-24)29-22-35(20-21-36(29)33(37)40)31(39)19-13-25-10-6-7-11-28(25)34/h3-11,13-17,19,23H,12,18,20-22H2,1-2H3/b19-13+. The molecule has 0 saturated carbocycles. The minimum absolute atomic E-state index is 0.0102. The molecule has 1 aliphatic heterocycles. The van der Waals surface area contributed by atoms with Gasteiger partial charge in [-0.05, 0) is 67.8 Å². The summed E-state index contributed by atoms with van der Waals surface area (Å²) in [6.45, 7) is 4.68. The second kappa shape index (κ2) is 12.4. The first-order chi connectivity index (χ1) is 19.8. The molecule has 1 amide bonds. The molecule has 1 aromatic heterocycles. The maximum absolute atomic E-state index is 13.8. The van der Waals surface area contributed by atoms with E-state index in [9.17, 15) is 14.4 Å². The normalized spacial score (nSPS) is 13.0. The average molecular weight is 570 g/mol. The predicted octanol–water partition coefficient (Wildman–Crippen LogP) is 5.95. The van der Waals surface area contributed by atoms with Crippen LogP contribution in [0.25, 0.3) is 11.8 Å². The largest absolute Gasteiger partial charge is 0.491 e. The van der Waals surface area contributed by atoms with Crippen molar-refractivity contribution < 1.29 is 14.3 Å². The van der Waals surface area contributed by atoms with Crippen molar-refractivity contribution in [3.05, 3.63) is 123 Å². The monoisotopic (exact) mass is 569 g/mol. The number of imidazole rings is 1. The Hall–Kier alpha value is -4.36. The lowest BCUT2D eigenvalue weighted by atomic mass is 10.0. The highest BCUT2D eigenvalue weighted by Gasteiger charge is 2.31.